The molecular formula is C18H14FN3O. The van der Waals surface area contributed by atoms with Crippen molar-refractivity contribution in [3.05, 3.63) is 79.0 Å². The van der Waals surface area contributed by atoms with E-state index < -0.39 is 0 Å². The molecule has 0 aliphatic carbocycles. The summed E-state index contributed by atoms with van der Waals surface area (Å²) in [5, 5.41) is 0. The third-order valence-corrected chi connectivity index (χ3v) is 3.73. The smallest absolute Gasteiger partial charge is 0.123 e. The van der Waals surface area contributed by atoms with Crippen molar-refractivity contribution in [1.82, 2.24) is 14.5 Å². The predicted octanol–water partition coefficient (Wildman–Crippen LogP) is 4.33. The van der Waals surface area contributed by atoms with Gasteiger partial charge in [0.15, 0.2) is 0 Å². The fourth-order valence-electron chi connectivity index (χ4n) is 2.67. The molecule has 0 radical (unpaired) electrons. The first kappa shape index (κ1) is 13.6. The Morgan fingerprint density at radius 3 is 2.65 bits per heavy atom. The standard InChI is InChI=1S/C18H14FN3O/c19-15-5-3-13(4-6-15)17-18(14-7-8-20-10-14)22(12-21-17)11-16-2-1-9-23-16/h1-10,12,20H,11H2. The molecule has 0 saturated carbocycles. The summed E-state index contributed by atoms with van der Waals surface area (Å²) in [4.78, 5) is 7.60. The Labute approximate surface area is 132 Å². The van der Waals surface area contributed by atoms with Crippen LogP contribution in [-0.2, 0) is 6.54 Å². The average Bonchev–Trinajstić information content (AvgIpc) is 3.29. The third-order valence-electron chi connectivity index (χ3n) is 3.73. The van der Waals surface area contributed by atoms with Gasteiger partial charge in [-0.15, -0.1) is 0 Å². The molecule has 0 aliphatic heterocycles. The largest absolute Gasteiger partial charge is 0.467 e. The molecule has 0 aliphatic rings. The molecule has 23 heavy (non-hydrogen) atoms. The number of aromatic amines is 1. The molecule has 3 aromatic heterocycles. The first-order chi connectivity index (χ1) is 11.3. The second-order valence-electron chi connectivity index (χ2n) is 5.26. The van der Waals surface area contributed by atoms with E-state index in [1.165, 1.54) is 12.1 Å². The van der Waals surface area contributed by atoms with Gasteiger partial charge in [0.1, 0.15) is 11.6 Å². The van der Waals surface area contributed by atoms with E-state index >= 15 is 0 Å². The van der Waals surface area contributed by atoms with Crippen molar-refractivity contribution in [2.45, 2.75) is 6.54 Å². The molecule has 114 valence electrons. The Morgan fingerprint density at radius 2 is 1.96 bits per heavy atom. The fourth-order valence-corrected chi connectivity index (χ4v) is 2.67. The van der Waals surface area contributed by atoms with Crippen molar-refractivity contribution in [2.75, 3.05) is 0 Å². The molecular weight excluding hydrogens is 293 g/mol. The minimum atomic E-state index is -0.257. The van der Waals surface area contributed by atoms with Gasteiger partial charge in [0, 0.05) is 23.5 Å². The number of rotatable bonds is 4. The molecule has 3 heterocycles. The molecule has 4 rings (SSSR count). The Morgan fingerprint density at radius 1 is 1.09 bits per heavy atom. The summed E-state index contributed by atoms with van der Waals surface area (Å²) < 4.78 is 20.7. The van der Waals surface area contributed by atoms with Crippen LogP contribution in [0.2, 0.25) is 0 Å². The highest BCUT2D eigenvalue weighted by Crippen LogP contribution is 2.31. The maximum absolute atomic E-state index is 13.2. The zero-order valence-corrected chi connectivity index (χ0v) is 12.2. The first-order valence-electron chi connectivity index (χ1n) is 7.28. The number of aromatic nitrogens is 3. The zero-order valence-electron chi connectivity index (χ0n) is 12.2. The molecule has 1 aromatic carbocycles. The fraction of sp³-hybridized carbons (Fsp3) is 0.0556. The first-order valence-corrected chi connectivity index (χ1v) is 7.28. The van der Waals surface area contributed by atoms with Crippen LogP contribution >= 0.6 is 0 Å². The predicted molar refractivity (Wildman–Crippen MR) is 85.2 cm³/mol. The topological polar surface area (TPSA) is 46.8 Å². The molecule has 0 bridgehead atoms. The van der Waals surface area contributed by atoms with Crippen molar-refractivity contribution < 1.29 is 8.81 Å². The highest BCUT2D eigenvalue weighted by Gasteiger charge is 2.16. The lowest BCUT2D eigenvalue weighted by Crippen LogP contribution is -1.99. The number of imidazole rings is 1. The van der Waals surface area contributed by atoms with E-state index in [1.807, 2.05) is 35.2 Å². The summed E-state index contributed by atoms with van der Waals surface area (Å²) in [6, 6.07) is 12.2. The summed E-state index contributed by atoms with van der Waals surface area (Å²) in [5.74, 6) is 0.594. The summed E-state index contributed by atoms with van der Waals surface area (Å²) in [6.07, 6.45) is 7.23. The monoisotopic (exact) mass is 307 g/mol. The summed E-state index contributed by atoms with van der Waals surface area (Å²) in [5.41, 5.74) is 3.68. The molecule has 0 atom stereocenters. The highest BCUT2D eigenvalue weighted by atomic mass is 19.1. The molecule has 0 unspecified atom stereocenters. The number of hydrogen-bond donors (Lipinski definition) is 1. The van der Waals surface area contributed by atoms with E-state index in [-0.39, 0.29) is 5.82 Å². The summed E-state index contributed by atoms with van der Waals surface area (Å²) >= 11 is 0. The van der Waals surface area contributed by atoms with Gasteiger partial charge in [-0.25, -0.2) is 9.37 Å². The number of furan rings is 1. The van der Waals surface area contributed by atoms with E-state index in [1.54, 1.807) is 24.7 Å². The van der Waals surface area contributed by atoms with Gasteiger partial charge in [-0.05, 0) is 42.5 Å². The summed E-state index contributed by atoms with van der Waals surface area (Å²) in [7, 11) is 0. The van der Waals surface area contributed by atoms with E-state index in [4.69, 9.17) is 4.42 Å². The number of nitrogens with zero attached hydrogens (tertiary/aromatic N) is 2. The van der Waals surface area contributed by atoms with Crippen molar-refractivity contribution >= 4 is 0 Å². The Kier molecular flexibility index (Phi) is 3.31. The second-order valence-corrected chi connectivity index (χ2v) is 5.26. The molecule has 4 aromatic rings. The third kappa shape index (κ3) is 2.57. The Balaban J connectivity index is 1.83. The maximum atomic E-state index is 13.2. The van der Waals surface area contributed by atoms with Crippen molar-refractivity contribution in [3.63, 3.8) is 0 Å². The van der Waals surface area contributed by atoms with Crippen LogP contribution in [0, 0.1) is 5.82 Å². The van der Waals surface area contributed by atoms with Gasteiger partial charge >= 0.3 is 0 Å². The van der Waals surface area contributed by atoms with Gasteiger partial charge in [-0.3, -0.25) is 0 Å². The van der Waals surface area contributed by atoms with Gasteiger partial charge in [0.25, 0.3) is 0 Å². The van der Waals surface area contributed by atoms with Crippen LogP contribution in [0.15, 0.2) is 71.9 Å². The second kappa shape index (κ2) is 5.61. The van der Waals surface area contributed by atoms with Gasteiger partial charge in [-0.1, -0.05) is 0 Å². The van der Waals surface area contributed by atoms with E-state index in [0.717, 1.165) is 28.3 Å². The van der Waals surface area contributed by atoms with Crippen LogP contribution in [0.25, 0.3) is 22.5 Å². The molecule has 5 heteroatoms. The molecule has 4 nitrogen and oxygen atoms in total. The van der Waals surface area contributed by atoms with Crippen LogP contribution in [0.5, 0.6) is 0 Å². The van der Waals surface area contributed by atoms with Gasteiger partial charge < -0.3 is 14.0 Å². The van der Waals surface area contributed by atoms with Crippen molar-refractivity contribution in [3.8, 4) is 22.5 Å². The van der Waals surface area contributed by atoms with Crippen LogP contribution in [0.3, 0.4) is 0 Å². The van der Waals surface area contributed by atoms with E-state index in [9.17, 15) is 4.39 Å². The summed E-state index contributed by atoms with van der Waals surface area (Å²) in [6.45, 7) is 0.585. The normalized spacial score (nSPS) is 11.0. The van der Waals surface area contributed by atoms with Gasteiger partial charge in [0.05, 0.1) is 30.5 Å². The zero-order chi connectivity index (χ0) is 15.6. The maximum Gasteiger partial charge on any atom is 0.123 e. The quantitative estimate of drug-likeness (QED) is 0.610. The minimum Gasteiger partial charge on any atom is -0.467 e. The van der Waals surface area contributed by atoms with Gasteiger partial charge in [-0.2, -0.15) is 0 Å². The minimum absolute atomic E-state index is 0.257. The molecule has 1 N–H and O–H groups in total. The van der Waals surface area contributed by atoms with Crippen LogP contribution < -0.4 is 0 Å². The SMILES string of the molecule is Fc1ccc(-c2ncn(Cc3ccco3)c2-c2cc[nH]c2)cc1. The Hall–Kier alpha value is -3.08. The number of hydrogen-bond acceptors (Lipinski definition) is 2. The number of H-pyrrole nitrogens is 1. The molecule has 0 spiro atoms. The van der Waals surface area contributed by atoms with E-state index in [2.05, 4.69) is 9.97 Å². The van der Waals surface area contributed by atoms with Gasteiger partial charge in [0.2, 0.25) is 0 Å². The van der Waals surface area contributed by atoms with Crippen molar-refractivity contribution in [2.24, 2.45) is 0 Å². The lowest BCUT2D eigenvalue weighted by Gasteiger charge is -2.08. The lowest BCUT2D eigenvalue weighted by molar-refractivity contribution is 0.494. The number of nitrogens with one attached hydrogen (secondary N) is 1. The average molecular weight is 307 g/mol. The number of halogens is 1. The van der Waals surface area contributed by atoms with Crippen LogP contribution in [0.4, 0.5) is 4.39 Å². The molecule has 0 fully saturated rings. The highest BCUT2D eigenvalue weighted by molar-refractivity contribution is 5.78. The molecule has 0 amide bonds. The van der Waals surface area contributed by atoms with Crippen molar-refractivity contribution in [1.29, 1.82) is 0 Å². The van der Waals surface area contributed by atoms with Crippen LogP contribution in [0.1, 0.15) is 5.76 Å². The molecule has 0 saturated heterocycles. The van der Waals surface area contributed by atoms with E-state index in [0.29, 0.717) is 6.54 Å². The van der Waals surface area contributed by atoms with Crippen LogP contribution in [-0.4, -0.2) is 14.5 Å². The number of benzene rings is 1. The lowest BCUT2D eigenvalue weighted by atomic mass is 10.1. The Bertz CT molecular complexity index is 891.